The van der Waals surface area contributed by atoms with Crippen LogP contribution in [0.15, 0.2) is 22.8 Å². The second-order valence-electron chi connectivity index (χ2n) is 7.12. The SMILES string of the molecule is O=C(CCC1CCCCC1)NC[C@H](c1ccco1)N1CCCC1. The van der Waals surface area contributed by atoms with Gasteiger partial charge < -0.3 is 9.73 Å². The normalized spacial score (nSPS) is 21.4. The maximum absolute atomic E-state index is 12.2. The molecule has 0 unspecified atom stereocenters. The number of hydrogen-bond donors (Lipinski definition) is 1. The molecule has 2 heterocycles. The van der Waals surface area contributed by atoms with Crippen molar-refractivity contribution in [1.29, 1.82) is 0 Å². The molecule has 128 valence electrons. The van der Waals surface area contributed by atoms with Gasteiger partial charge in [-0.25, -0.2) is 0 Å². The first-order valence-electron chi connectivity index (χ1n) is 9.37. The summed E-state index contributed by atoms with van der Waals surface area (Å²) in [6.07, 6.45) is 12.7. The van der Waals surface area contributed by atoms with Crippen molar-refractivity contribution in [2.45, 2.75) is 63.8 Å². The van der Waals surface area contributed by atoms with Crippen LogP contribution < -0.4 is 5.32 Å². The Bertz CT molecular complexity index is 460. The second-order valence-corrected chi connectivity index (χ2v) is 7.12. The van der Waals surface area contributed by atoms with E-state index in [0.717, 1.165) is 31.2 Å². The first-order chi connectivity index (χ1) is 11.3. The molecule has 1 saturated heterocycles. The highest BCUT2D eigenvalue weighted by atomic mass is 16.3. The number of nitrogens with zero attached hydrogens (tertiary/aromatic N) is 1. The van der Waals surface area contributed by atoms with E-state index in [1.165, 1.54) is 44.9 Å². The third kappa shape index (κ3) is 4.84. The van der Waals surface area contributed by atoms with Gasteiger partial charge in [0.15, 0.2) is 0 Å². The first-order valence-corrected chi connectivity index (χ1v) is 9.37. The zero-order chi connectivity index (χ0) is 15.9. The number of rotatable bonds is 7. The topological polar surface area (TPSA) is 45.5 Å². The molecule has 2 fully saturated rings. The molecule has 0 radical (unpaired) electrons. The van der Waals surface area contributed by atoms with Crippen molar-refractivity contribution in [2.24, 2.45) is 5.92 Å². The molecule has 1 saturated carbocycles. The third-order valence-corrected chi connectivity index (χ3v) is 5.45. The number of carbonyl (C=O) groups excluding carboxylic acids is 1. The maximum Gasteiger partial charge on any atom is 0.220 e. The number of amides is 1. The van der Waals surface area contributed by atoms with Gasteiger partial charge in [0, 0.05) is 13.0 Å². The number of carbonyl (C=O) groups is 1. The number of likely N-dealkylation sites (tertiary alicyclic amines) is 1. The standard InChI is InChI=1S/C19H30N2O2/c22-19(11-10-16-7-2-1-3-8-16)20-15-17(18-9-6-14-23-18)21-12-4-5-13-21/h6,9,14,16-17H,1-5,7-8,10-13,15H2,(H,20,22)/t17-/m1/s1. The minimum Gasteiger partial charge on any atom is -0.468 e. The van der Waals surface area contributed by atoms with Crippen molar-refractivity contribution in [3.8, 4) is 0 Å². The molecule has 4 heteroatoms. The van der Waals surface area contributed by atoms with Gasteiger partial charge in [-0.3, -0.25) is 9.69 Å². The van der Waals surface area contributed by atoms with Crippen LogP contribution in [0.1, 0.15) is 69.6 Å². The van der Waals surface area contributed by atoms with Gasteiger partial charge in [0.05, 0.1) is 12.3 Å². The molecule has 0 spiro atoms. The summed E-state index contributed by atoms with van der Waals surface area (Å²) in [4.78, 5) is 14.6. The minimum atomic E-state index is 0.186. The molecule has 1 aliphatic carbocycles. The van der Waals surface area contributed by atoms with Gasteiger partial charge in [0.1, 0.15) is 5.76 Å². The third-order valence-electron chi connectivity index (χ3n) is 5.45. The van der Waals surface area contributed by atoms with Gasteiger partial charge in [-0.2, -0.15) is 0 Å². The second kappa shape index (κ2) is 8.53. The average molecular weight is 318 g/mol. The monoisotopic (exact) mass is 318 g/mol. The summed E-state index contributed by atoms with van der Waals surface area (Å²) in [5, 5.41) is 3.15. The Kier molecular flexibility index (Phi) is 6.14. The van der Waals surface area contributed by atoms with E-state index in [0.29, 0.717) is 13.0 Å². The zero-order valence-corrected chi connectivity index (χ0v) is 14.1. The fraction of sp³-hybridized carbons (Fsp3) is 0.737. The highest BCUT2D eigenvalue weighted by Crippen LogP contribution is 2.27. The number of hydrogen-bond acceptors (Lipinski definition) is 3. The van der Waals surface area contributed by atoms with E-state index in [1.54, 1.807) is 6.26 Å². The molecule has 1 amide bonds. The Labute approximate surface area is 139 Å². The van der Waals surface area contributed by atoms with Crippen LogP contribution in [0.3, 0.4) is 0 Å². The first kappa shape index (κ1) is 16.6. The lowest BCUT2D eigenvalue weighted by Gasteiger charge is -2.26. The Balaban J connectivity index is 1.45. The molecule has 3 rings (SSSR count). The molecule has 1 N–H and O–H groups in total. The molecular weight excluding hydrogens is 288 g/mol. The summed E-state index contributed by atoms with van der Waals surface area (Å²) in [6, 6.07) is 4.15. The molecular formula is C19H30N2O2. The summed E-state index contributed by atoms with van der Waals surface area (Å²) in [5.41, 5.74) is 0. The predicted molar refractivity (Wildman–Crippen MR) is 91.1 cm³/mol. The molecule has 2 aliphatic rings. The number of furan rings is 1. The van der Waals surface area contributed by atoms with E-state index < -0.39 is 0 Å². The summed E-state index contributed by atoms with van der Waals surface area (Å²) in [5.74, 6) is 1.94. The van der Waals surface area contributed by atoms with E-state index >= 15 is 0 Å². The van der Waals surface area contributed by atoms with E-state index in [9.17, 15) is 4.79 Å². The predicted octanol–water partition coefficient (Wildman–Crippen LogP) is 3.89. The van der Waals surface area contributed by atoms with Gasteiger partial charge in [-0.05, 0) is 50.4 Å². The molecule has 0 aromatic carbocycles. The molecule has 1 aliphatic heterocycles. The molecule has 4 nitrogen and oxygen atoms in total. The van der Waals surface area contributed by atoms with Gasteiger partial charge in [0.2, 0.25) is 5.91 Å². The molecule has 0 bridgehead atoms. The van der Waals surface area contributed by atoms with Crippen LogP contribution in [-0.4, -0.2) is 30.4 Å². The summed E-state index contributed by atoms with van der Waals surface area (Å²) in [6.45, 7) is 2.86. The molecule has 1 aromatic rings. The maximum atomic E-state index is 12.2. The molecule has 1 atom stereocenters. The van der Waals surface area contributed by atoms with E-state index in [4.69, 9.17) is 4.42 Å². The fourth-order valence-electron chi connectivity index (χ4n) is 4.05. The van der Waals surface area contributed by atoms with Gasteiger partial charge in [0.25, 0.3) is 0 Å². The van der Waals surface area contributed by atoms with Crippen LogP contribution in [0, 0.1) is 5.92 Å². The summed E-state index contributed by atoms with van der Waals surface area (Å²) in [7, 11) is 0. The van der Waals surface area contributed by atoms with Crippen molar-refractivity contribution >= 4 is 5.91 Å². The van der Waals surface area contributed by atoms with Crippen LogP contribution in [0.2, 0.25) is 0 Å². The lowest BCUT2D eigenvalue weighted by atomic mass is 9.86. The molecule has 23 heavy (non-hydrogen) atoms. The van der Waals surface area contributed by atoms with Crippen molar-refractivity contribution in [3.63, 3.8) is 0 Å². The van der Waals surface area contributed by atoms with Crippen LogP contribution in [0.4, 0.5) is 0 Å². The molecule has 1 aromatic heterocycles. The van der Waals surface area contributed by atoms with Gasteiger partial charge >= 0.3 is 0 Å². The lowest BCUT2D eigenvalue weighted by molar-refractivity contribution is -0.121. The zero-order valence-electron chi connectivity index (χ0n) is 14.1. The summed E-state index contributed by atoms with van der Waals surface area (Å²) >= 11 is 0. The van der Waals surface area contributed by atoms with Crippen molar-refractivity contribution in [2.75, 3.05) is 19.6 Å². The van der Waals surface area contributed by atoms with Crippen molar-refractivity contribution < 1.29 is 9.21 Å². The smallest absolute Gasteiger partial charge is 0.220 e. The lowest BCUT2D eigenvalue weighted by Crippen LogP contribution is -2.36. The fourth-order valence-corrected chi connectivity index (χ4v) is 4.05. The van der Waals surface area contributed by atoms with Crippen molar-refractivity contribution in [1.82, 2.24) is 10.2 Å². The van der Waals surface area contributed by atoms with E-state index in [-0.39, 0.29) is 11.9 Å². The van der Waals surface area contributed by atoms with Crippen LogP contribution in [0.5, 0.6) is 0 Å². The Morgan fingerprint density at radius 3 is 2.70 bits per heavy atom. The Morgan fingerprint density at radius 2 is 2.00 bits per heavy atom. The highest BCUT2D eigenvalue weighted by molar-refractivity contribution is 5.75. The Morgan fingerprint density at radius 1 is 1.22 bits per heavy atom. The van der Waals surface area contributed by atoms with Crippen molar-refractivity contribution in [3.05, 3.63) is 24.2 Å². The van der Waals surface area contributed by atoms with E-state index in [2.05, 4.69) is 10.2 Å². The van der Waals surface area contributed by atoms with Gasteiger partial charge in [-0.15, -0.1) is 0 Å². The van der Waals surface area contributed by atoms with E-state index in [1.807, 2.05) is 12.1 Å². The van der Waals surface area contributed by atoms with Crippen LogP contribution in [-0.2, 0) is 4.79 Å². The Hall–Kier alpha value is -1.29. The highest BCUT2D eigenvalue weighted by Gasteiger charge is 2.26. The van der Waals surface area contributed by atoms with Crippen LogP contribution >= 0.6 is 0 Å². The van der Waals surface area contributed by atoms with Crippen LogP contribution in [0.25, 0.3) is 0 Å². The summed E-state index contributed by atoms with van der Waals surface area (Å²) < 4.78 is 5.60. The largest absolute Gasteiger partial charge is 0.468 e. The minimum absolute atomic E-state index is 0.186. The average Bonchev–Trinajstić information content (AvgIpc) is 3.28. The quantitative estimate of drug-likeness (QED) is 0.829. The van der Waals surface area contributed by atoms with Gasteiger partial charge in [-0.1, -0.05) is 32.1 Å². The number of nitrogens with one attached hydrogen (secondary N) is 1.